The van der Waals surface area contributed by atoms with Crippen LogP contribution in [0.4, 0.5) is 11.6 Å². The zero-order chi connectivity index (χ0) is 14.4. The molecule has 1 aromatic rings. The Morgan fingerprint density at radius 1 is 1.14 bits per heavy atom. The molecule has 2 bridgehead atoms. The predicted octanol–water partition coefficient (Wildman–Crippen LogP) is 1.68. The van der Waals surface area contributed by atoms with Crippen molar-refractivity contribution in [3.05, 3.63) is 11.9 Å². The fourth-order valence-corrected chi connectivity index (χ4v) is 3.96. The van der Waals surface area contributed by atoms with Crippen molar-refractivity contribution in [1.82, 2.24) is 14.9 Å². The molecule has 1 saturated carbocycles. The van der Waals surface area contributed by atoms with Crippen LogP contribution in [0.2, 0.25) is 0 Å². The number of nitrogen functional groups attached to an aromatic ring is 1. The van der Waals surface area contributed by atoms with E-state index in [1.807, 2.05) is 13.0 Å². The Labute approximate surface area is 126 Å². The third-order valence-corrected chi connectivity index (χ3v) is 5.18. The van der Waals surface area contributed by atoms with E-state index < -0.39 is 0 Å². The molecule has 2 N–H and O–H groups in total. The third-order valence-electron chi connectivity index (χ3n) is 5.18. The fraction of sp³-hybridized carbons (Fsp3) is 0.750. The van der Waals surface area contributed by atoms with E-state index in [1.54, 1.807) is 0 Å². The molecule has 1 aliphatic carbocycles. The van der Waals surface area contributed by atoms with Crippen LogP contribution in [0, 0.1) is 18.8 Å². The topological polar surface area (TPSA) is 58.3 Å². The van der Waals surface area contributed by atoms with Gasteiger partial charge in [0.05, 0.1) is 0 Å². The van der Waals surface area contributed by atoms with Crippen molar-refractivity contribution in [3.8, 4) is 0 Å². The van der Waals surface area contributed by atoms with Crippen LogP contribution in [-0.4, -0.2) is 47.1 Å². The van der Waals surface area contributed by atoms with Crippen molar-refractivity contribution >= 4 is 11.6 Å². The van der Waals surface area contributed by atoms with Gasteiger partial charge in [0, 0.05) is 38.3 Å². The first-order valence-corrected chi connectivity index (χ1v) is 8.27. The van der Waals surface area contributed by atoms with Crippen LogP contribution in [-0.2, 0) is 0 Å². The Balaban J connectivity index is 1.54. The molecule has 0 aromatic carbocycles. The number of anilines is 2. The monoisotopic (exact) mass is 287 g/mol. The van der Waals surface area contributed by atoms with E-state index in [9.17, 15) is 0 Å². The molecule has 0 amide bonds. The minimum Gasteiger partial charge on any atom is -0.384 e. The second kappa shape index (κ2) is 5.13. The molecule has 4 fully saturated rings. The first-order valence-electron chi connectivity index (χ1n) is 8.27. The highest BCUT2D eigenvalue weighted by atomic mass is 15.3. The SMILES string of the molecule is Cc1nc(N)cc(N2C[C@H]3CC[C@@H](C2)N(CC2CC2)C3)n1. The minimum atomic E-state index is 0.587. The standard InChI is InChI=1S/C16H25N5/c1-11-18-15(17)6-16(19-11)21-9-13-4-5-14(10-21)20(8-13)7-12-2-3-12/h6,12-14H,2-5,7-10H2,1H3,(H2,17,18,19)/t13-,14-/m0/s1. The second-order valence-electron chi connectivity index (χ2n) is 7.10. The number of nitrogens with zero attached hydrogens (tertiary/aromatic N) is 4. The Morgan fingerprint density at radius 2 is 2.00 bits per heavy atom. The van der Waals surface area contributed by atoms with Gasteiger partial charge in [-0.15, -0.1) is 0 Å². The van der Waals surface area contributed by atoms with E-state index in [4.69, 9.17) is 5.73 Å². The molecule has 1 aromatic heterocycles. The van der Waals surface area contributed by atoms with Gasteiger partial charge in [-0.2, -0.15) is 0 Å². The van der Waals surface area contributed by atoms with E-state index in [1.165, 1.54) is 38.8 Å². The number of aryl methyl sites for hydroxylation is 1. The van der Waals surface area contributed by atoms with Crippen molar-refractivity contribution in [2.75, 3.05) is 36.8 Å². The molecular formula is C16H25N5. The highest BCUT2D eigenvalue weighted by Gasteiger charge is 2.37. The molecule has 5 nitrogen and oxygen atoms in total. The lowest BCUT2D eigenvalue weighted by atomic mass is 9.95. The summed E-state index contributed by atoms with van der Waals surface area (Å²) in [5.74, 6) is 4.14. The van der Waals surface area contributed by atoms with Crippen LogP contribution in [0.1, 0.15) is 31.5 Å². The number of nitrogens with two attached hydrogens (primary N) is 1. The van der Waals surface area contributed by atoms with Crippen LogP contribution in [0.15, 0.2) is 6.07 Å². The van der Waals surface area contributed by atoms with Crippen molar-refractivity contribution in [3.63, 3.8) is 0 Å². The lowest BCUT2D eigenvalue weighted by Crippen LogP contribution is -2.44. The van der Waals surface area contributed by atoms with Crippen LogP contribution < -0.4 is 10.6 Å². The molecule has 0 radical (unpaired) electrons. The van der Waals surface area contributed by atoms with Gasteiger partial charge in [-0.3, -0.25) is 4.90 Å². The van der Waals surface area contributed by atoms with Crippen LogP contribution in [0.5, 0.6) is 0 Å². The summed E-state index contributed by atoms with van der Waals surface area (Å²) in [6.07, 6.45) is 5.59. The molecule has 21 heavy (non-hydrogen) atoms. The Bertz CT molecular complexity index is 507. The van der Waals surface area contributed by atoms with E-state index in [-0.39, 0.29) is 0 Å². The highest BCUT2D eigenvalue weighted by molar-refractivity contribution is 5.47. The number of rotatable bonds is 3. The Kier molecular flexibility index (Phi) is 3.25. The average molecular weight is 287 g/mol. The van der Waals surface area contributed by atoms with Gasteiger partial charge in [0.2, 0.25) is 0 Å². The largest absolute Gasteiger partial charge is 0.384 e. The van der Waals surface area contributed by atoms with Crippen LogP contribution in [0.3, 0.4) is 0 Å². The maximum absolute atomic E-state index is 5.90. The summed E-state index contributed by atoms with van der Waals surface area (Å²) in [5.41, 5.74) is 5.90. The van der Waals surface area contributed by atoms with Gasteiger partial charge in [0.25, 0.3) is 0 Å². The summed E-state index contributed by atoms with van der Waals surface area (Å²) in [6, 6.07) is 2.63. The quantitative estimate of drug-likeness (QED) is 0.916. The highest BCUT2D eigenvalue weighted by Crippen LogP contribution is 2.35. The first kappa shape index (κ1) is 13.3. The summed E-state index contributed by atoms with van der Waals surface area (Å²) < 4.78 is 0. The molecule has 0 unspecified atom stereocenters. The van der Waals surface area contributed by atoms with E-state index >= 15 is 0 Å². The second-order valence-corrected chi connectivity index (χ2v) is 7.10. The number of aromatic nitrogens is 2. The third kappa shape index (κ3) is 2.84. The fourth-order valence-electron chi connectivity index (χ4n) is 3.96. The van der Waals surface area contributed by atoms with Crippen LogP contribution >= 0.6 is 0 Å². The zero-order valence-electron chi connectivity index (χ0n) is 12.8. The van der Waals surface area contributed by atoms with Gasteiger partial charge in [-0.25, -0.2) is 9.97 Å². The number of piperidine rings is 1. The molecule has 3 aliphatic heterocycles. The predicted molar refractivity (Wildman–Crippen MR) is 84.2 cm³/mol. The summed E-state index contributed by atoms with van der Waals surface area (Å²) in [6.45, 7) is 6.73. The summed E-state index contributed by atoms with van der Waals surface area (Å²) in [5, 5.41) is 0. The maximum atomic E-state index is 5.90. The lowest BCUT2D eigenvalue weighted by molar-refractivity contribution is 0.128. The Morgan fingerprint density at radius 3 is 2.76 bits per heavy atom. The van der Waals surface area contributed by atoms with Gasteiger partial charge in [0.15, 0.2) is 0 Å². The molecule has 3 saturated heterocycles. The van der Waals surface area contributed by atoms with Crippen molar-refractivity contribution < 1.29 is 0 Å². The smallest absolute Gasteiger partial charge is 0.134 e. The van der Waals surface area contributed by atoms with Gasteiger partial charge in [-0.1, -0.05) is 0 Å². The summed E-state index contributed by atoms with van der Waals surface area (Å²) in [7, 11) is 0. The Hall–Kier alpha value is -1.36. The maximum Gasteiger partial charge on any atom is 0.134 e. The van der Waals surface area contributed by atoms with E-state index in [0.29, 0.717) is 11.9 Å². The van der Waals surface area contributed by atoms with Crippen molar-refractivity contribution in [1.29, 1.82) is 0 Å². The van der Waals surface area contributed by atoms with Crippen molar-refractivity contribution in [2.24, 2.45) is 11.8 Å². The average Bonchev–Trinajstić information content (AvgIpc) is 3.24. The number of fused-ring (bicyclic) bond motifs is 4. The molecule has 114 valence electrons. The first-order chi connectivity index (χ1) is 10.2. The van der Waals surface area contributed by atoms with Gasteiger partial charge in [-0.05, 0) is 44.4 Å². The molecule has 5 heteroatoms. The lowest BCUT2D eigenvalue weighted by Gasteiger charge is -2.36. The van der Waals surface area contributed by atoms with Gasteiger partial charge >= 0.3 is 0 Å². The van der Waals surface area contributed by atoms with E-state index in [0.717, 1.165) is 36.6 Å². The normalized spacial score (nSPS) is 29.7. The molecule has 0 spiro atoms. The number of hydrogen-bond donors (Lipinski definition) is 1. The van der Waals surface area contributed by atoms with E-state index in [2.05, 4.69) is 19.8 Å². The molecule has 4 heterocycles. The summed E-state index contributed by atoms with van der Waals surface area (Å²) in [4.78, 5) is 14.0. The minimum absolute atomic E-state index is 0.587. The zero-order valence-corrected chi connectivity index (χ0v) is 12.8. The molecule has 2 atom stereocenters. The number of hydrogen-bond acceptors (Lipinski definition) is 5. The molecular weight excluding hydrogens is 262 g/mol. The van der Waals surface area contributed by atoms with Crippen molar-refractivity contribution in [2.45, 2.75) is 38.6 Å². The van der Waals surface area contributed by atoms with Crippen LogP contribution in [0.25, 0.3) is 0 Å². The van der Waals surface area contributed by atoms with Gasteiger partial charge < -0.3 is 10.6 Å². The van der Waals surface area contributed by atoms with Gasteiger partial charge in [0.1, 0.15) is 17.5 Å². The molecule has 5 rings (SSSR count). The molecule has 4 aliphatic rings. The summed E-state index contributed by atoms with van der Waals surface area (Å²) >= 11 is 0.